The average molecular weight is 433 g/mol. The van der Waals surface area contributed by atoms with Crippen molar-refractivity contribution in [1.82, 2.24) is 20.5 Å². The van der Waals surface area contributed by atoms with Crippen molar-refractivity contribution in [2.45, 2.75) is 37.5 Å². The molecule has 0 radical (unpaired) electrons. The van der Waals surface area contributed by atoms with Gasteiger partial charge in [-0.05, 0) is 25.1 Å². The highest BCUT2D eigenvalue weighted by atomic mass is 16.5. The molecule has 3 N–H and O–H groups in total. The van der Waals surface area contributed by atoms with Gasteiger partial charge < -0.3 is 25.2 Å². The molecule has 3 heterocycles. The van der Waals surface area contributed by atoms with Gasteiger partial charge in [-0.15, -0.1) is 0 Å². The summed E-state index contributed by atoms with van der Waals surface area (Å²) in [6.45, 7) is 4.73. The quantitative estimate of drug-likeness (QED) is 0.342. The number of aliphatic hydroxyl groups excluding tert-OH is 1. The van der Waals surface area contributed by atoms with Crippen LogP contribution in [0.3, 0.4) is 0 Å². The van der Waals surface area contributed by atoms with E-state index in [1.165, 1.54) is 0 Å². The first-order valence-corrected chi connectivity index (χ1v) is 10.8. The molecular formula is C22H32N4O5. The summed E-state index contributed by atoms with van der Waals surface area (Å²) in [5, 5.41) is 15.5. The number of amides is 2. The second-order valence-electron chi connectivity index (χ2n) is 7.73. The number of hydrogen-bond acceptors (Lipinski definition) is 7. The molecule has 1 saturated heterocycles. The molecule has 170 valence electrons. The summed E-state index contributed by atoms with van der Waals surface area (Å²) in [6.07, 6.45) is 5.39. The lowest BCUT2D eigenvalue weighted by molar-refractivity contribution is -0.128. The Morgan fingerprint density at radius 2 is 2.03 bits per heavy atom. The molecule has 3 atom stereocenters. The van der Waals surface area contributed by atoms with Crippen LogP contribution in [-0.4, -0.2) is 91.1 Å². The summed E-state index contributed by atoms with van der Waals surface area (Å²) < 4.78 is 11.1. The smallest absolute Gasteiger partial charge is 0.226 e. The van der Waals surface area contributed by atoms with Crippen LogP contribution in [0.4, 0.5) is 0 Å². The number of carbonyl (C=O) groups excluding carboxylic acids is 2. The first-order chi connectivity index (χ1) is 15.1. The Morgan fingerprint density at radius 1 is 1.19 bits per heavy atom. The summed E-state index contributed by atoms with van der Waals surface area (Å²) in [6, 6.07) is 4.95. The van der Waals surface area contributed by atoms with E-state index >= 15 is 0 Å². The molecule has 2 amide bonds. The SMILES string of the molecule is O=C(C[C@H]1C=C[C@H](NC(=O)Cc2ccccn2)[C@@H](CO)O1)NCCCN1CCOCC1. The number of aromatic nitrogens is 1. The van der Waals surface area contributed by atoms with Gasteiger partial charge in [0.25, 0.3) is 0 Å². The fourth-order valence-corrected chi connectivity index (χ4v) is 3.65. The van der Waals surface area contributed by atoms with Gasteiger partial charge in [0.1, 0.15) is 6.10 Å². The second kappa shape index (κ2) is 12.5. The highest BCUT2D eigenvalue weighted by Gasteiger charge is 2.29. The summed E-state index contributed by atoms with van der Waals surface area (Å²) in [4.78, 5) is 31.0. The van der Waals surface area contributed by atoms with E-state index in [4.69, 9.17) is 9.47 Å². The van der Waals surface area contributed by atoms with Crippen molar-refractivity contribution < 1.29 is 24.2 Å². The van der Waals surface area contributed by atoms with Crippen molar-refractivity contribution in [3.63, 3.8) is 0 Å². The van der Waals surface area contributed by atoms with Gasteiger partial charge in [0.05, 0.1) is 44.8 Å². The largest absolute Gasteiger partial charge is 0.394 e. The first kappa shape index (κ1) is 23.3. The maximum absolute atomic E-state index is 12.3. The minimum atomic E-state index is -0.600. The number of nitrogens with one attached hydrogen (secondary N) is 2. The summed E-state index contributed by atoms with van der Waals surface area (Å²) in [7, 11) is 0. The standard InChI is InChI=1S/C22H32N4O5/c27-16-20-19(25-22(29)14-17-4-1-2-7-23-17)6-5-18(31-20)15-21(28)24-8-3-9-26-10-12-30-13-11-26/h1-2,4-7,18-20,27H,3,8-16H2,(H,24,28)(H,25,29)/t18-,19+,20-/m1/s1. The lowest BCUT2D eigenvalue weighted by Gasteiger charge is -2.31. The zero-order valence-corrected chi connectivity index (χ0v) is 17.7. The monoisotopic (exact) mass is 432 g/mol. The Balaban J connectivity index is 1.37. The van der Waals surface area contributed by atoms with Crippen LogP contribution in [0.5, 0.6) is 0 Å². The van der Waals surface area contributed by atoms with Gasteiger partial charge in [-0.1, -0.05) is 18.2 Å². The molecule has 3 rings (SSSR count). The van der Waals surface area contributed by atoms with Crippen LogP contribution in [0.15, 0.2) is 36.5 Å². The van der Waals surface area contributed by atoms with Crippen LogP contribution in [0.2, 0.25) is 0 Å². The number of morpholine rings is 1. The molecule has 0 bridgehead atoms. The average Bonchev–Trinajstić information content (AvgIpc) is 2.79. The van der Waals surface area contributed by atoms with Crippen molar-refractivity contribution in [3.8, 4) is 0 Å². The molecule has 0 aromatic carbocycles. The molecule has 31 heavy (non-hydrogen) atoms. The molecule has 0 aliphatic carbocycles. The number of rotatable bonds is 10. The van der Waals surface area contributed by atoms with Gasteiger partial charge in [-0.25, -0.2) is 0 Å². The maximum Gasteiger partial charge on any atom is 0.226 e. The van der Waals surface area contributed by atoms with Crippen molar-refractivity contribution in [3.05, 3.63) is 42.2 Å². The molecule has 0 unspecified atom stereocenters. The lowest BCUT2D eigenvalue weighted by atomic mass is 10.0. The Bertz CT molecular complexity index is 724. The van der Waals surface area contributed by atoms with Crippen LogP contribution in [-0.2, 0) is 25.5 Å². The zero-order valence-electron chi connectivity index (χ0n) is 17.7. The number of pyridine rings is 1. The molecule has 0 spiro atoms. The predicted molar refractivity (Wildman–Crippen MR) is 114 cm³/mol. The normalized spacial score (nSPS) is 24.0. The maximum atomic E-state index is 12.3. The van der Waals surface area contributed by atoms with E-state index in [1.54, 1.807) is 30.5 Å². The lowest BCUT2D eigenvalue weighted by Crippen LogP contribution is -2.49. The van der Waals surface area contributed by atoms with Crippen molar-refractivity contribution in [2.24, 2.45) is 0 Å². The molecule has 9 heteroatoms. The first-order valence-electron chi connectivity index (χ1n) is 10.8. The van der Waals surface area contributed by atoms with Gasteiger partial charge in [0, 0.05) is 31.5 Å². The zero-order chi connectivity index (χ0) is 21.9. The van der Waals surface area contributed by atoms with E-state index in [2.05, 4.69) is 20.5 Å². The third-order valence-corrected chi connectivity index (χ3v) is 5.32. The van der Waals surface area contributed by atoms with Crippen LogP contribution < -0.4 is 10.6 Å². The molecular weight excluding hydrogens is 400 g/mol. The Kier molecular flexibility index (Phi) is 9.41. The van der Waals surface area contributed by atoms with Gasteiger partial charge >= 0.3 is 0 Å². The minimum Gasteiger partial charge on any atom is -0.394 e. The van der Waals surface area contributed by atoms with Gasteiger partial charge in [0.2, 0.25) is 11.8 Å². The fourth-order valence-electron chi connectivity index (χ4n) is 3.65. The Morgan fingerprint density at radius 3 is 2.77 bits per heavy atom. The minimum absolute atomic E-state index is 0.0917. The predicted octanol–water partition coefficient (Wildman–Crippen LogP) is -0.347. The van der Waals surface area contributed by atoms with Crippen LogP contribution in [0.25, 0.3) is 0 Å². The van der Waals surface area contributed by atoms with Crippen molar-refractivity contribution in [2.75, 3.05) is 46.0 Å². The van der Waals surface area contributed by atoms with Gasteiger partial charge in [-0.2, -0.15) is 0 Å². The van der Waals surface area contributed by atoms with E-state index in [0.717, 1.165) is 39.3 Å². The number of nitrogens with zero attached hydrogens (tertiary/aromatic N) is 2. The summed E-state index contributed by atoms with van der Waals surface area (Å²) in [5.74, 6) is -0.294. The summed E-state index contributed by atoms with van der Waals surface area (Å²) in [5.41, 5.74) is 0.671. The molecule has 0 saturated carbocycles. The van der Waals surface area contributed by atoms with Crippen molar-refractivity contribution in [1.29, 1.82) is 0 Å². The van der Waals surface area contributed by atoms with E-state index in [-0.39, 0.29) is 31.3 Å². The molecule has 2 aliphatic rings. The third kappa shape index (κ3) is 8.02. The van der Waals surface area contributed by atoms with Crippen LogP contribution >= 0.6 is 0 Å². The van der Waals surface area contributed by atoms with Gasteiger partial charge in [-0.3, -0.25) is 19.5 Å². The molecule has 9 nitrogen and oxygen atoms in total. The van der Waals surface area contributed by atoms with E-state index in [1.807, 2.05) is 6.07 Å². The number of aliphatic hydroxyl groups is 1. The molecule has 1 aromatic heterocycles. The van der Waals surface area contributed by atoms with Crippen LogP contribution in [0, 0.1) is 0 Å². The summed E-state index contributed by atoms with van der Waals surface area (Å²) >= 11 is 0. The van der Waals surface area contributed by atoms with Crippen LogP contribution in [0.1, 0.15) is 18.5 Å². The number of carbonyl (C=O) groups is 2. The number of hydrogen-bond donors (Lipinski definition) is 3. The van der Waals surface area contributed by atoms with Crippen molar-refractivity contribution >= 4 is 11.8 Å². The Labute approximate surface area is 182 Å². The van der Waals surface area contributed by atoms with E-state index in [0.29, 0.717) is 12.2 Å². The topological polar surface area (TPSA) is 113 Å². The third-order valence-electron chi connectivity index (χ3n) is 5.32. The van der Waals surface area contributed by atoms with Gasteiger partial charge in [0.15, 0.2) is 0 Å². The fraction of sp³-hybridized carbons (Fsp3) is 0.591. The highest BCUT2D eigenvalue weighted by Crippen LogP contribution is 2.16. The molecule has 2 aliphatic heterocycles. The van der Waals surface area contributed by atoms with E-state index < -0.39 is 18.2 Å². The molecule has 1 fully saturated rings. The Hall–Kier alpha value is -2.33. The second-order valence-corrected chi connectivity index (χ2v) is 7.73. The highest BCUT2D eigenvalue weighted by molar-refractivity contribution is 5.79. The van der Waals surface area contributed by atoms with E-state index in [9.17, 15) is 14.7 Å². The number of ether oxygens (including phenoxy) is 2. The molecule has 1 aromatic rings.